The van der Waals surface area contributed by atoms with Gasteiger partial charge in [0.15, 0.2) is 0 Å². The van der Waals surface area contributed by atoms with Crippen LogP contribution in [0.4, 0.5) is 4.79 Å². The van der Waals surface area contributed by atoms with Crippen LogP contribution in [0.15, 0.2) is 49.1 Å². The van der Waals surface area contributed by atoms with E-state index >= 15 is 0 Å². The van der Waals surface area contributed by atoms with E-state index < -0.39 is 6.04 Å². The van der Waals surface area contributed by atoms with Gasteiger partial charge < -0.3 is 24.3 Å². The van der Waals surface area contributed by atoms with Crippen LogP contribution in [-0.4, -0.2) is 64.8 Å². The van der Waals surface area contributed by atoms with Crippen LogP contribution in [0, 0.1) is 18.3 Å². The van der Waals surface area contributed by atoms with Gasteiger partial charge in [0.25, 0.3) is 0 Å². The zero-order chi connectivity index (χ0) is 32.7. The molecule has 2 atom stereocenters. The highest BCUT2D eigenvalue weighted by atomic mass is 16.6. The van der Waals surface area contributed by atoms with E-state index in [1.165, 1.54) is 12.7 Å². The smallest absolute Gasteiger partial charge is 0.409 e. The summed E-state index contributed by atoms with van der Waals surface area (Å²) in [5.74, 6) is 0.0876. The number of benzene rings is 1. The first-order valence-electron chi connectivity index (χ1n) is 16.0. The fourth-order valence-electron chi connectivity index (χ4n) is 6.19. The minimum atomic E-state index is -0.457. The van der Waals surface area contributed by atoms with E-state index in [9.17, 15) is 9.59 Å². The second kappa shape index (κ2) is 14.9. The number of methoxy groups -OCH3 is 1. The van der Waals surface area contributed by atoms with Crippen LogP contribution in [0.2, 0.25) is 0 Å². The Labute approximate surface area is 268 Å². The average molecular weight is 616 g/mol. The molecule has 9 heteroatoms. The molecule has 5 rings (SSSR count). The van der Waals surface area contributed by atoms with Crippen LogP contribution in [0.25, 0.3) is 11.6 Å². The zero-order valence-electron chi connectivity index (χ0n) is 28.1. The molecule has 1 aliphatic heterocycles. The molecule has 0 radical (unpaired) electrons. The fraction of sp³-hybridized carbons (Fsp3) is 0.500. The number of nitrogens with one attached hydrogen (secondary N) is 1. The maximum atomic E-state index is 13.0. The van der Waals surface area contributed by atoms with E-state index in [2.05, 4.69) is 68.3 Å². The molecule has 45 heavy (non-hydrogen) atoms. The molecule has 9 nitrogen and oxygen atoms in total. The molecule has 2 aliphatic rings. The van der Waals surface area contributed by atoms with E-state index in [4.69, 9.17) is 14.5 Å². The van der Waals surface area contributed by atoms with Gasteiger partial charge in [0.05, 0.1) is 36.6 Å². The number of carbonyl (C=O) groups excluding carboxylic acids is 2. The summed E-state index contributed by atoms with van der Waals surface area (Å²) in [7, 11) is 3.45. The number of ether oxygens (including phenoxy) is 2. The number of pyridine rings is 1. The molecule has 1 fully saturated rings. The first kappa shape index (κ1) is 33.9. The summed E-state index contributed by atoms with van der Waals surface area (Å²) in [5.41, 5.74) is 7.20. The van der Waals surface area contributed by atoms with Crippen LogP contribution in [0.3, 0.4) is 0 Å². The lowest BCUT2D eigenvalue weighted by molar-refractivity contribution is -0.125. The molecule has 2 amide bonds. The predicted octanol–water partition coefficient (Wildman–Crippen LogP) is 6.53. The SMILES string of the molecule is CC.COCC(=O)NC(C1=Cc2cccnc2C(C2CCN(C(=O)OCC(C)(C)C)CC2)c2ccc(C)cc21)c1cncn1C. The summed E-state index contributed by atoms with van der Waals surface area (Å²) in [6.45, 7) is 13.9. The largest absolute Gasteiger partial charge is 0.449 e. The van der Waals surface area contributed by atoms with Crippen molar-refractivity contribution in [3.8, 4) is 0 Å². The van der Waals surface area contributed by atoms with Crippen LogP contribution in [-0.2, 0) is 21.3 Å². The third-order valence-corrected chi connectivity index (χ3v) is 8.27. The molecule has 3 aromatic rings. The van der Waals surface area contributed by atoms with E-state index in [1.807, 2.05) is 42.6 Å². The number of aryl methyl sites for hydroxylation is 2. The van der Waals surface area contributed by atoms with Gasteiger partial charge >= 0.3 is 6.09 Å². The lowest BCUT2D eigenvalue weighted by Gasteiger charge is -2.37. The summed E-state index contributed by atoms with van der Waals surface area (Å²) < 4.78 is 12.7. The molecular formula is C36H49N5O4. The molecule has 2 aromatic heterocycles. The number of nitrogens with zero attached hydrogens (tertiary/aromatic N) is 4. The summed E-state index contributed by atoms with van der Waals surface area (Å²) in [5, 5.41) is 3.21. The van der Waals surface area contributed by atoms with E-state index in [0.29, 0.717) is 19.7 Å². The first-order valence-corrected chi connectivity index (χ1v) is 16.0. The number of aromatic nitrogens is 3. The number of hydrogen-bond donors (Lipinski definition) is 1. The van der Waals surface area contributed by atoms with Crippen molar-refractivity contribution in [3.05, 3.63) is 82.7 Å². The summed E-state index contributed by atoms with van der Waals surface area (Å²) in [6.07, 6.45) is 9.01. The van der Waals surface area contributed by atoms with Crippen molar-refractivity contribution in [2.24, 2.45) is 18.4 Å². The molecule has 1 aromatic carbocycles. The van der Waals surface area contributed by atoms with Crippen LogP contribution >= 0.6 is 0 Å². The molecule has 1 N–H and O–H groups in total. The molecule has 1 saturated heterocycles. The van der Waals surface area contributed by atoms with Gasteiger partial charge in [-0.05, 0) is 65.5 Å². The van der Waals surface area contributed by atoms with E-state index in [-0.39, 0.29) is 35.9 Å². The Morgan fingerprint density at radius 3 is 2.51 bits per heavy atom. The monoisotopic (exact) mass is 615 g/mol. The lowest BCUT2D eigenvalue weighted by Crippen LogP contribution is -2.41. The van der Waals surface area contributed by atoms with Gasteiger partial charge in [0.2, 0.25) is 5.91 Å². The van der Waals surface area contributed by atoms with Crippen LogP contribution in [0.5, 0.6) is 0 Å². The van der Waals surface area contributed by atoms with Crippen molar-refractivity contribution >= 4 is 23.6 Å². The average Bonchev–Trinajstić information content (AvgIpc) is 3.39. The van der Waals surface area contributed by atoms with Crippen molar-refractivity contribution in [1.82, 2.24) is 24.8 Å². The van der Waals surface area contributed by atoms with Gasteiger partial charge in [-0.2, -0.15) is 0 Å². The second-order valence-electron chi connectivity index (χ2n) is 12.9. The summed E-state index contributed by atoms with van der Waals surface area (Å²) in [4.78, 5) is 37.0. The van der Waals surface area contributed by atoms with Gasteiger partial charge in [-0.15, -0.1) is 0 Å². The van der Waals surface area contributed by atoms with Gasteiger partial charge in [-0.25, -0.2) is 9.78 Å². The molecule has 2 unspecified atom stereocenters. The van der Waals surface area contributed by atoms with Gasteiger partial charge in [0, 0.05) is 39.4 Å². The number of carbonyl (C=O) groups is 2. The second-order valence-corrected chi connectivity index (χ2v) is 12.9. The Kier molecular flexibility index (Phi) is 11.2. The first-order chi connectivity index (χ1) is 21.6. The highest BCUT2D eigenvalue weighted by Crippen LogP contribution is 2.47. The minimum absolute atomic E-state index is 0.0233. The molecule has 0 saturated carbocycles. The van der Waals surface area contributed by atoms with Crippen molar-refractivity contribution in [2.75, 3.05) is 33.4 Å². The third kappa shape index (κ3) is 8.00. The lowest BCUT2D eigenvalue weighted by atomic mass is 9.75. The minimum Gasteiger partial charge on any atom is -0.449 e. The highest BCUT2D eigenvalue weighted by molar-refractivity contribution is 5.91. The van der Waals surface area contributed by atoms with Crippen LogP contribution < -0.4 is 5.32 Å². The van der Waals surface area contributed by atoms with Crippen LogP contribution in [0.1, 0.15) is 93.1 Å². The number of piperidine rings is 1. The Hall–Kier alpha value is -3.98. The van der Waals surface area contributed by atoms with Crippen molar-refractivity contribution < 1.29 is 19.1 Å². The third-order valence-electron chi connectivity index (χ3n) is 8.27. The number of hydrogen-bond acceptors (Lipinski definition) is 6. The van der Waals surface area contributed by atoms with E-state index in [0.717, 1.165) is 46.5 Å². The topological polar surface area (TPSA) is 98.6 Å². The number of amides is 2. The molecule has 242 valence electrons. The maximum absolute atomic E-state index is 13.0. The predicted molar refractivity (Wildman–Crippen MR) is 178 cm³/mol. The van der Waals surface area contributed by atoms with Gasteiger partial charge in [-0.3, -0.25) is 9.78 Å². The molecule has 1 aliphatic carbocycles. The zero-order valence-corrected chi connectivity index (χ0v) is 28.1. The molecule has 3 heterocycles. The molecule has 0 spiro atoms. The number of likely N-dealkylation sites (tertiary alicyclic amines) is 1. The van der Waals surface area contributed by atoms with Crippen molar-refractivity contribution in [1.29, 1.82) is 0 Å². The molecule has 0 bridgehead atoms. The summed E-state index contributed by atoms with van der Waals surface area (Å²) in [6, 6.07) is 10.2. The Bertz CT molecular complexity index is 1500. The fourth-order valence-corrected chi connectivity index (χ4v) is 6.19. The molecular weight excluding hydrogens is 566 g/mol. The maximum Gasteiger partial charge on any atom is 0.409 e. The van der Waals surface area contributed by atoms with Crippen molar-refractivity contribution in [3.63, 3.8) is 0 Å². The standard InChI is InChI=1S/C34H43N5O4.C2H6/c1-22-9-10-25-26(16-22)27(32(37-29(40)19-42-6)28-18-35-21-38(28)5)17-24-8-7-13-36-31(24)30(25)23-11-14-39(15-12-23)33(41)43-20-34(2,3)4;1-2/h7-10,13,16-18,21,23,30,32H,11-12,14-15,19-20H2,1-6H3,(H,37,40);1-2H3. The summed E-state index contributed by atoms with van der Waals surface area (Å²) >= 11 is 0. The highest BCUT2D eigenvalue weighted by Gasteiger charge is 2.37. The number of fused-ring (bicyclic) bond motifs is 2. The van der Waals surface area contributed by atoms with Gasteiger partial charge in [-0.1, -0.05) is 64.4 Å². The Morgan fingerprint density at radius 2 is 1.87 bits per heavy atom. The van der Waals surface area contributed by atoms with Crippen molar-refractivity contribution in [2.45, 2.75) is 66.3 Å². The number of rotatable bonds is 7. The van der Waals surface area contributed by atoms with Gasteiger partial charge in [0.1, 0.15) is 6.61 Å². The quantitative estimate of drug-likeness (QED) is 0.324. The number of imidazole rings is 1. The van der Waals surface area contributed by atoms with E-state index in [1.54, 1.807) is 12.5 Å². The normalized spacial score (nSPS) is 17.1. The Morgan fingerprint density at radius 1 is 1.13 bits per heavy atom. The Balaban J connectivity index is 0.00000226.